The molecule has 1 aromatic heterocycles. The Balaban J connectivity index is 1.47. The van der Waals surface area contributed by atoms with Crippen LogP contribution < -0.4 is 4.74 Å². The first-order chi connectivity index (χ1) is 17.7. The molecule has 0 atom stereocenters. The average Bonchev–Trinajstić information content (AvgIpc) is 3.40. The van der Waals surface area contributed by atoms with Gasteiger partial charge in [-0.1, -0.05) is 45.2 Å². The van der Waals surface area contributed by atoms with E-state index in [-0.39, 0.29) is 32.9 Å². The molecular formula is C26H14BrClN2O6S. The van der Waals surface area contributed by atoms with Gasteiger partial charge in [0.2, 0.25) is 5.90 Å². The molecule has 3 aromatic carbocycles. The monoisotopic (exact) mass is 596 g/mol. The molecule has 0 bridgehead atoms. The normalized spacial score (nSPS) is 14.1. The number of carbonyl (C=O) groups is 2. The quantitative estimate of drug-likeness (QED) is 0.0798. The highest BCUT2D eigenvalue weighted by molar-refractivity contribution is 9.10. The molecule has 1 aliphatic heterocycles. The Bertz CT molecular complexity index is 1690. The van der Waals surface area contributed by atoms with E-state index in [1.807, 2.05) is 25.1 Å². The number of aryl methyl sites for hydroxylation is 1. The molecule has 0 fully saturated rings. The van der Waals surface area contributed by atoms with Gasteiger partial charge < -0.3 is 9.47 Å². The number of nitrogens with zero attached hydrogens (tertiary/aromatic N) is 2. The van der Waals surface area contributed by atoms with Crippen LogP contribution in [-0.4, -0.2) is 22.8 Å². The first-order valence-corrected chi connectivity index (χ1v) is 12.7. The van der Waals surface area contributed by atoms with Gasteiger partial charge in [0.1, 0.15) is 10.6 Å². The third kappa shape index (κ3) is 5.04. The second-order valence-corrected chi connectivity index (χ2v) is 10.3. The van der Waals surface area contributed by atoms with Crippen molar-refractivity contribution < 1.29 is 24.0 Å². The summed E-state index contributed by atoms with van der Waals surface area (Å²) in [4.78, 5) is 40.6. The van der Waals surface area contributed by atoms with Crippen molar-refractivity contribution >= 4 is 78.6 Å². The number of halogens is 2. The molecule has 0 spiro atoms. The lowest BCUT2D eigenvalue weighted by atomic mass is 10.1. The first kappa shape index (κ1) is 24.8. The van der Waals surface area contributed by atoms with Crippen LogP contribution in [0.2, 0.25) is 5.02 Å². The number of carbonyl (C=O) groups excluding carboxylic acids is 2. The topological polar surface area (TPSA) is 108 Å². The lowest BCUT2D eigenvalue weighted by Gasteiger charge is -2.08. The number of non-ortho nitro benzene ring substituents is 1. The van der Waals surface area contributed by atoms with E-state index in [4.69, 9.17) is 21.1 Å². The third-order valence-electron chi connectivity index (χ3n) is 5.36. The van der Waals surface area contributed by atoms with Crippen molar-refractivity contribution in [2.45, 2.75) is 6.92 Å². The predicted octanol–water partition coefficient (Wildman–Crippen LogP) is 7.10. The summed E-state index contributed by atoms with van der Waals surface area (Å²) in [7, 11) is 0. The van der Waals surface area contributed by atoms with Crippen LogP contribution in [-0.2, 0) is 9.53 Å². The molecule has 2 heterocycles. The number of thiophene rings is 1. The van der Waals surface area contributed by atoms with Crippen molar-refractivity contribution in [3.8, 4) is 5.75 Å². The molecule has 0 aliphatic carbocycles. The minimum absolute atomic E-state index is 0.0408. The fraction of sp³-hybridized carbons (Fsp3) is 0.0385. The Labute approximate surface area is 227 Å². The summed E-state index contributed by atoms with van der Waals surface area (Å²) >= 11 is 10.8. The highest BCUT2D eigenvalue weighted by atomic mass is 79.9. The van der Waals surface area contributed by atoms with E-state index in [2.05, 4.69) is 20.9 Å². The number of aliphatic imine (C=N–C) groups is 1. The van der Waals surface area contributed by atoms with Crippen LogP contribution in [0.25, 0.3) is 16.2 Å². The molecule has 0 saturated heterocycles. The Morgan fingerprint density at radius 3 is 2.76 bits per heavy atom. The molecule has 0 amide bonds. The molecule has 11 heteroatoms. The van der Waals surface area contributed by atoms with Crippen molar-refractivity contribution in [3.05, 3.63) is 108 Å². The number of fused-ring (bicyclic) bond motifs is 1. The summed E-state index contributed by atoms with van der Waals surface area (Å²) in [5, 5.41) is 11.7. The van der Waals surface area contributed by atoms with Gasteiger partial charge in [-0.05, 0) is 49.4 Å². The van der Waals surface area contributed by atoms with Crippen molar-refractivity contribution in [1.82, 2.24) is 0 Å². The lowest BCUT2D eigenvalue weighted by Crippen LogP contribution is -2.08. The Morgan fingerprint density at radius 1 is 1.19 bits per heavy atom. The smallest absolute Gasteiger partial charge is 0.363 e. The summed E-state index contributed by atoms with van der Waals surface area (Å²) in [5.41, 5.74) is 1.98. The van der Waals surface area contributed by atoms with Crippen molar-refractivity contribution in [2.75, 3.05) is 0 Å². The maximum atomic E-state index is 13.0. The zero-order chi connectivity index (χ0) is 26.3. The van der Waals surface area contributed by atoms with E-state index in [1.165, 1.54) is 24.3 Å². The zero-order valence-electron chi connectivity index (χ0n) is 18.9. The summed E-state index contributed by atoms with van der Waals surface area (Å²) in [5.74, 6) is -1.04. The maximum Gasteiger partial charge on any atom is 0.363 e. The molecule has 1 aliphatic rings. The summed E-state index contributed by atoms with van der Waals surface area (Å²) in [6.07, 6.45) is 1.47. The van der Waals surface area contributed by atoms with Gasteiger partial charge in [0.25, 0.3) is 5.69 Å². The summed E-state index contributed by atoms with van der Waals surface area (Å²) in [6.45, 7) is 1.92. The zero-order valence-corrected chi connectivity index (χ0v) is 22.0. The van der Waals surface area contributed by atoms with Crippen LogP contribution in [0, 0.1) is 17.0 Å². The molecule has 5 rings (SSSR count). The van der Waals surface area contributed by atoms with Crippen LogP contribution in [0.1, 0.15) is 26.4 Å². The average molecular weight is 598 g/mol. The number of benzene rings is 3. The second-order valence-electron chi connectivity index (χ2n) is 7.96. The molecule has 4 aromatic rings. The third-order valence-corrected chi connectivity index (χ3v) is 7.49. The number of nitro groups is 1. The number of cyclic esters (lactones) is 1. The fourth-order valence-corrected chi connectivity index (χ4v) is 5.42. The van der Waals surface area contributed by atoms with Gasteiger partial charge >= 0.3 is 11.9 Å². The Hall–Kier alpha value is -3.86. The Kier molecular flexibility index (Phi) is 6.63. The van der Waals surface area contributed by atoms with Gasteiger partial charge in [-0.3, -0.25) is 10.1 Å². The van der Waals surface area contributed by atoms with E-state index in [0.717, 1.165) is 16.9 Å². The number of ether oxygens (including phenoxy) is 2. The van der Waals surface area contributed by atoms with Crippen LogP contribution in [0.15, 0.2) is 75.8 Å². The Morgan fingerprint density at radius 2 is 2.00 bits per heavy atom. The molecule has 0 saturated carbocycles. The van der Waals surface area contributed by atoms with E-state index in [9.17, 15) is 19.7 Å². The minimum Gasteiger partial charge on any atom is -0.422 e. The van der Waals surface area contributed by atoms with Crippen LogP contribution >= 0.6 is 38.9 Å². The van der Waals surface area contributed by atoms with Crippen molar-refractivity contribution in [3.63, 3.8) is 0 Å². The van der Waals surface area contributed by atoms with E-state index in [0.29, 0.717) is 25.7 Å². The van der Waals surface area contributed by atoms with Gasteiger partial charge in [0, 0.05) is 37.8 Å². The minimum atomic E-state index is -0.742. The number of esters is 2. The van der Waals surface area contributed by atoms with Crippen molar-refractivity contribution in [1.29, 1.82) is 0 Å². The first-order valence-electron chi connectivity index (χ1n) is 10.7. The molecule has 8 nitrogen and oxygen atoms in total. The standard InChI is InChI=1S/C26H14BrClN2O6S/c1-13-3-2-4-14(9-13)24-29-19(25(31)36-24)11-15-10-16(27)5-8-20(15)35-26(32)23-22(28)18-7-6-17(30(33)34)12-21(18)37-23/h2-12H,1H3/b19-11+. The molecule has 184 valence electrons. The highest BCUT2D eigenvalue weighted by Gasteiger charge is 2.26. The summed E-state index contributed by atoms with van der Waals surface area (Å²) < 4.78 is 12.1. The number of hydrogen-bond acceptors (Lipinski definition) is 8. The maximum absolute atomic E-state index is 13.0. The van der Waals surface area contributed by atoms with E-state index in [1.54, 1.807) is 24.3 Å². The predicted molar refractivity (Wildman–Crippen MR) is 144 cm³/mol. The second kappa shape index (κ2) is 9.89. The van der Waals surface area contributed by atoms with Gasteiger partial charge in [0.15, 0.2) is 5.70 Å². The fourth-order valence-electron chi connectivity index (χ4n) is 3.63. The number of hydrogen-bond donors (Lipinski definition) is 0. The highest BCUT2D eigenvalue weighted by Crippen LogP contribution is 2.38. The molecule has 37 heavy (non-hydrogen) atoms. The molecule has 0 radical (unpaired) electrons. The lowest BCUT2D eigenvalue weighted by molar-refractivity contribution is -0.384. The number of rotatable bonds is 5. The van der Waals surface area contributed by atoms with Gasteiger partial charge in [0.05, 0.1) is 9.95 Å². The van der Waals surface area contributed by atoms with Crippen molar-refractivity contribution in [2.24, 2.45) is 4.99 Å². The van der Waals surface area contributed by atoms with Crippen LogP contribution in [0.4, 0.5) is 5.69 Å². The molecule has 0 N–H and O–H groups in total. The van der Waals surface area contributed by atoms with E-state index < -0.39 is 16.9 Å². The van der Waals surface area contributed by atoms with Gasteiger partial charge in [-0.25, -0.2) is 14.6 Å². The summed E-state index contributed by atoms with van der Waals surface area (Å²) in [6, 6.07) is 16.5. The SMILES string of the molecule is Cc1cccc(C2=N/C(=C/c3cc(Br)ccc3OC(=O)c3sc4cc([N+](=O)[O-])ccc4c3Cl)C(=O)O2)c1. The van der Waals surface area contributed by atoms with E-state index >= 15 is 0 Å². The van der Waals surface area contributed by atoms with Gasteiger partial charge in [-0.15, -0.1) is 11.3 Å². The van der Waals surface area contributed by atoms with Crippen LogP contribution in [0.3, 0.4) is 0 Å². The number of nitro benzene ring substituents is 1. The van der Waals surface area contributed by atoms with Gasteiger partial charge in [-0.2, -0.15) is 0 Å². The molecule has 0 unspecified atom stereocenters. The molecular weight excluding hydrogens is 584 g/mol. The van der Waals surface area contributed by atoms with Crippen LogP contribution in [0.5, 0.6) is 5.75 Å². The largest absolute Gasteiger partial charge is 0.422 e.